The summed E-state index contributed by atoms with van der Waals surface area (Å²) in [6.45, 7) is 1.67. The van der Waals surface area contributed by atoms with Gasteiger partial charge in [-0.05, 0) is 12.5 Å². The van der Waals surface area contributed by atoms with Crippen LogP contribution < -0.4 is 0 Å². The van der Waals surface area contributed by atoms with Crippen LogP contribution in [0.3, 0.4) is 0 Å². The summed E-state index contributed by atoms with van der Waals surface area (Å²) in [5.74, 6) is 0.215. The predicted molar refractivity (Wildman–Crippen MR) is 62.5 cm³/mol. The van der Waals surface area contributed by atoms with E-state index in [1.54, 1.807) is 6.92 Å². The summed E-state index contributed by atoms with van der Waals surface area (Å²) in [6, 6.07) is 1.96. The highest BCUT2D eigenvalue weighted by atomic mass is 35.5. The van der Waals surface area contributed by atoms with Crippen LogP contribution in [-0.2, 0) is 0 Å². The molecule has 0 aliphatic heterocycles. The van der Waals surface area contributed by atoms with Gasteiger partial charge in [0, 0.05) is 6.20 Å². The van der Waals surface area contributed by atoms with Crippen LogP contribution in [0.25, 0.3) is 5.82 Å². The summed E-state index contributed by atoms with van der Waals surface area (Å²) < 4.78 is 1.18. The molecule has 0 amide bonds. The minimum absolute atomic E-state index is 0.173. The molecule has 0 spiro atoms. The van der Waals surface area contributed by atoms with Gasteiger partial charge in [-0.2, -0.15) is 10.4 Å². The topological polar surface area (TPSA) is 97.6 Å². The van der Waals surface area contributed by atoms with E-state index in [0.717, 1.165) is 6.20 Å². The van der Waals surface area contributed by atoms with Crippen molar-refractivity contribution in [3.8, 4) is 11.9 Å². The molecule has 7 nitrogen and oxygen atoms in total. The lowest BCUT2D eigenvalue weighted by Gasteiger charge is -2.06. The number of nitro groups is 1. The molecule has 18 heavy (non-hydrogen) atoms. The van der Waals surface area contributed by atoms with Crippen LogP contribution in [0.4, 0.5) is 5.69 Å². The average Bonchev–Trinajstić information content (AvgIpc) is 2.82. The third-order valence-corrected chi connectivity index (χ3v) is 2.75. The lowest BCUT2D eigenvalue weighted by atomic mass is 10.1. The fourth-order valence-electron chi connectivity index (χ4n) is 1.40. The van der Waals surface area contributed by atoms with Crippen LogP contribution in [0.5, 0.6) is 0 Å². The van der Waals surface area contributed by atoms with Crippen molar-refractivity contribution in [2.24, 2.45) is 0 Å². The molecule has 0 bridgehead atoms. The van der Waals surface area contributed by atoms with Gasteiger partial charge in [-0.1, -0.05) is 11.6 Å². The fraction of sp³-hybridized carbons (Fsp3) is 0.100. The monoisotopic (exact) mass is 263 g/mol. The molecule has 0 unspecified atom stereocenters. The highest BCUT2D eigenvalue weighted by Crippen LogP contribution is 2.23. The van der Waals surface area contributed by atoms with Gasteiger partial charge in [-0.15, -0.1) is 0 Å². The molecule has 0 saturated heterocycles. The smallest absolute Gasteiger partial charge is 0.258 e. The van der Waals surface area contributed by atoms with Crippen LogP contribution in [0.15, 0.2) is 18.6 Å². The van der Waals surface area contributed by atoms with E-state index in [4.69, 9.17) is 16.9 Å². The number of rotatable bonds is 2. The Labute approximate surface area is 106 Å². The van der Waals surface area contributed by atoms with Crippen molar-refractivity contribution in [1.82, 2.24) is 14.8 Å². The molecule has 90 valence electrons. The second kappa shape index (κ2) is 4.43. The molecule has 2 rings (SSSR count). The molecule has 8 heteroatoms. The average molecular weight is 264 g/mol. The molecule has 0 atom stereocenters. The third-order valence-electron chi connectivity index (χ3n) is 2.37. The highest BCUT2D eigenvalue weighted by Gasteiger charge is 2.16. The van der Waals surface area contributed by atoms with Gasteiger partial charge in [0.25, 0.3) is 0 Å². The van der Waals surface area contributed by atoms with Gasteiger partial charge in [-0.25, -0.2) is 9.67 Å². The number of nitrogens with zero attached hydrogens (tertiary/aromatic N) is 5. The van der Waals surface area contributed by atoms with E-state index in [9.17, 15) is 10.1 Å². The standard InChI is InChI=1S/C10H6ClN5O2/c1-6-8(2-12)10(13-4-9(6)11)15-5-7(3-14-15)16(17)18/h3-5H,1H3. The summed E-state index contributed by atoms with van der Waals surface area (Å²) in [5.41, 5.74) is 0.621. The molecule has 0 aromatic carbocycles. The fourth-order valence-corrected chi connectivity index (χ4v) is 1.54. The molecule has 0 N–H and O–H groups in total. The van der Waals surface area contributed by atoms with E-state index in [1.807, 2.05) is 6.07 Å². The predicted octanol–water partition coefficient (Wildman–Crippen LogP) is 2.01. The van der Waals surface area contributed by atoms with Gasteiger partial charge >= 0.3 is 5.69 Å². The van der Waals surface area contributed by atoms with Crippen LogP contribution in [0.1, 0.15) is 11.1 Å². The molecular weight excluding hydrogens is 258 g/mol. The van der Waals surface area contributed by atoms with Crippen molar-refractivity contribution >= 4 is 17.3 Å². The van der Waals surface area contributed by atoms with Gasteiger partial charge in [0.15, 0.2) is 5.82 Å². The Balaban J connectivity index is 2.61. The molecule has 0 aliphatic rings. The van der Waals surface area contributed by atoms with Crippen LogP contribution >= 0.6 is 11.6 Å². The first-order valence-electron chi connectivity index (χ1n) is 4.79. The van der Waals surface area contributed by atoms with Crippen LogP contribution in [-0.4, -0.2) is 19.7 Å². The number of hydrogen-bond acceptors (Lipinski definition) is 5. The Kier molecular flexibility index (Phi) is 2.95. The van der Waals surface area contributed by atoms with E-state index in [-0.39, 0.29) is 17.1 Å². The maximum Gasteiger partial charge on any atom is 0.307 e. The maximum atomic E-state index is 10.6. The van der Waals surface area contributed by atoms with Crippen molar-refractivity contribution in [1.29, 1.82) is 5.26 Å². The van der Waals surface area contributed by atoms with Crippen molar-refractivity contribution in [3.05, 3.63) is 44.9 Å². The van der Waals surface area contributed by atoms with E-state index in [1.165, 1.54) is 17.1 Å². The van der Waals surface area contributed by atoms with E-state index in [0.29, 0.717) is 10.6 Å². The first-order chi connectivity index (χ1) is 8.54. The first-order valence-corrected chi connectivity index (χ1v) is 5.17. The molecular formula is C10H6ClN5O2. The number of nitriles is 1. The largest absolute Gasteiger partial charge is 0.307 e. The molecule has 0 saturated carbocycles. The van der Waals surface area contributed by atoms with E-state index >= 15 is 0 Å². The Hall–Kier alpha value is -2.46. The molecule has 2 heterocycles. The van der Waals surface area contributed by atoms with Gasteiger partial charge in [0.1, 0.15) is 24.0 Å². The number of halogens is 1. The van der Waals surface area contributed by atoms with Crippen molar-refractivity contribution in [2.75, 3.05) is 0 Å². The quantitative estimate of drug-likeness (QED) is 0.610. The Bertz CT molecular complexity index is 673. The first kappa shape index (κ1) is 12.0. The zero-order valence-corrected chi connectivity index (χ0v) is 9.92. The van der Waals surface area contributed by atoms with Gasteiger partial charge < -0.3 is 0 Å². The Morgan fingerprint density at radius 1 is 1.56 bits per heavy atom. The Morgan fingerprint density at radius 2 is 2.28 bits per heavy atom. The second-order valence-corrected chi connectivity index (χ2v) is 3.85. The molecule has 0 aliphatic carbocycles. The van der Waals surface area contributed by atoms with Gasteiger partial charge in [0.05, 0.1) is 9.95 Å². The van der Waals surface area contributed by atoms with Crippen LogP contribution in [0, 0.1) is 28.4 Å². The summed E-state index contributed by atoms with van der Waals surface area (Å²) in [6.07, 6.45) is 3.66. The Morgan fingerprint density at radius 3 is 2.83 bits per heavy atom. The summed E-state index contributed by atoms with van der Waals surface area (Å²) in [4.78, 5) is 14.0. The van der Waals surface area contributed by atoms with Crippen molar-refractivity contribution in [3.63, 3.8) is 0 Å². The molecule has 2 aromatic heterocycles. The normalized spacial score (nSPS) is 10.1. The SMILES string of the molecule is Cc1c(Cl)cnc(-n2cc([N+](=O)[O-])cn2)c1C#N. The summed E-state index contributed by atoms with van der Waals surface area (Å²) in [5, 5.41) is 23.8. The van der Waals surface area contributed by atoms with Gasteiger partial charge in [0.2, 0.25) is 0 Å². The summed E-state index contributed by atoms with van der Waals surface area (Å²) in [7, 11) is 0. The van der Waals surface area contributed by atoms with Crippen molar-refractivity contribution < 1.29 is 4.92 Å². The van der Waals surface area contributed by atoms with Crippen LogP contribution in [0.2, 0.25) is 5.02 Å². The molecule has 0 fully saturated rings. The zero-order chi connectivity index (χ0) is 13.3. The zero-order valence-electron chi connectivity index (χ0n) is 9.16. The number of aromatic nitrogens is 3. The highest BCUT2D eigenvalue weighted by molar-refractivity contribution is 6.31. The second-order valence-electron chi connectivity index (χ2n) is 3.44. The maximum absolute atomic E-state index is 10.6. The third kappa shape index (κ3) is 1.89. The molecule has 2 aromatic rings. The lowest BCUT2D eigenvalue weighted by molar-refractivity contribution is -0.384. The molecule has 0 radical (unpaired) electrons. The number of hydrogen-bond donors (Lipinski definition) is 0. The van der Waals surface area contributed by atoms with E-state index in [2.05, 4.69) is 10.1 Å². The summed E-state index contributed by atoms with van der Waals surface area (Å²) >= 11 is 5.86. The lowest BCUT2D eigenvalue weighted by Crippen LogP contribution is -2.03. The minimum Gasteiger partial charge on any atom is -0.258 e. The number of pyridine rings is 1. The minimum atomic E-state index is -0.571. The van der Waals surface area contributed by atoms with E-state index < -0.39 is 4.92 Å². The van der Waals surface area contributed by atoms with Crippen molar-refractivity contribution in [2.45, 2.75) is 6.92 Å². The van der Waals surface area contributed by atoms with Gasteiger partial charge in [-0.3, -0.25) is 10.1 Å².